The number of carboxylic acids is 1. The van der Waals surface area contributed by atoms with E-state index in [0.29, 0.717) is 18.6 Å². The van der Waals surface area contributed by atoms with Gasteiger partial charge in [-0.15, -0.1) is 0 Å². The smallest absolute Gasteiger partial charge is 0.315 e. The van der Waals surface area contributed by atoms with Crippen LogP contribution in [0.1, 0.15) is 34.9 Å². The van der Waals surface area contributed by atoms with Gasteiger partial charge in [-0.1, -0.05) is 78.9 Å². The Balaban J connectivity index is 1.30. The Labute approximate surface area is 226 Å². The molecule has 0 unspecified atom stereocenters. The van der Waals surface area contributed by atoms with Crippen molar-refractivity contribution < 1.29 is 24.2 Å². The zero-order valence-electron chi connectivity index (χ0n) is 21.1. The van der Waals surface area contributed by atoms with Crippen LogP contribution >= 0.6 is 0 Å². The first-order valence-corrected chi connectivity index (χ1v) is 13.1. The van der Waals surface area contributed by atoms with Crippen molar-refractivity contribution in [1.29, 1.82) is 0 Å². The second kappa shape index (κ2) is 10.2. The van der Waals surface area contributed by atoms with Crippen LogP contribution in [0.5, 0.6) is 5.75 Å². The molecule has 1 saturated carbocycles. The molecule has 0 spiro atoms. The highest BCUT2D eigenvalue weighted by molar-refractivity contribution is 5.94. The number of hydrogen-bond acceptors (Lipinski definition) is 4. The monoisotopic (exact) mass is 517 g/mol. The van der Waals surface area contributed by atoms with Crippen LogP contribution in [0.4, 0.5) is 5.69 Å². The molecular weight excluding hydrogens is 490 g/mol. The minimum absolute atomic E-state index is 0.0212. The molecule has 2 aliphatic rings. The van der Waals surface area contributed by atoms with E-state index in [-0.39, 0.29) is 5.91 Å². The fourth-order valence-electron chi connectivity index (χ4n) is 6.01. The minimum atomic E-state index is -0.924. The molecule has 4 aromatic carbocycles. The van der Waals surface area contributed by atoms with Gasteiger partial charge in [0, 0.05) is 23.9 Å². The van der Waals surface area contributed by atoms with E-state index in [1.165, 1.54) is 0 Å². The van der Waals surface area contributed by atoms with Gasteiger partial charge >= 0.3 is 11.9 Å². The van der Waals surface area contributed by atoms with Gasteiger partial charge in [-0.2, -0.15) is 0 Å². The van der Waals surface area contributed by atoms with Gasteiger partial charge in [-0.3, -0.25) is 14.4 Å². The number of anilines is 1. The highest BCUT2D eigenvalue weighted by atomic mass is 16.5. The molecule has 1 fully saturated rings. The van der Waals surface area contributed by atoms with Gasteiger partial charge < -0.3 is 15.2 Å². The van der Waals surface area contributed by atoms with Crippen molar-refractivity contribution in [2.45, 2.75) is 24.7 Å². The van der Waals surface area contributed by atoms with Crippen molar-refractivity contribution in [3.8, 4) is 16.9 Å². The number of aryl methyl sites for hydroxylation is 1. The molecular formula is C33H27NO5. The Hall–Kier alpha value is -4.71. The lowest BCUT2D eigenvalue weighted by Gasteiger charge is -2.48. The van der Waals surface area contributed by atoms with Gasteiger partial charge in [0.15, 0.2) is 0 Å². The maximum atomic E-state index is 13.7. The molecule has 39 heavy (non-hydrogen) atoms. The van der Waals surface area contributed by atoms with Crippen molar-refractivity contribution in [1.82, 2.24) is 0 Å². The molecule has 1 aliphatic heterocycles. The SMILES string of the molecule is O=C1CCc2cc(-c3cccc(OC(=O)[C@H]4[C@@H](c5ccccc5)[C@@H](C(=O)O)[C@@H]4c4ccccc4)c3)ccc2N1. The molecule has 2 N–H and O–H groups in total. The number of esters is 1. The molecule has 6 rings (SSSR count). The Bertz CT molecular complexity index is 1500. The number of nitrogens with one attached hydrogen (secondary N) is 1. The Morgan fingerprint density at radius 2 is 1.36 bits per heavy atom. The van der Waals surface area contributed by atoms with E-state index in [0.717, 1.165) is 33.5 Å². The van der Waals surface area contributed by atoms with Crippen LogP contribution in [0, 0.1) is 11.8 Å². The van der Waals surface area contributed by atoms with Crippen LogP contribution in [-0.4, -0.2) is 23.0 Å². The highest BCUT2D eigenvalue weighted by Crippen LogP contribution is 2.58. The normalized spacial score (nSPS) is 21.7. The second-order valence-electron chi connectivity index (χ2n) is 10.1. The summed E-state index contributed by atoms with van der Waals surface area (Å²) in [7, 11) is 0. The van der Waals surface area contributed by atoms with Crippen LogP contribution in [0.3, 0.4) is 0 Å². The fourth-order valence-corrected chi connectivity index (χ4v) is 6.01. The molecule has 6 nitrogen and oxygen atoms in total. The van der Waals surface area contributed by atoms with Gasteiger partial charge in [0.2, 0.25) is 5.91 Å². The number of carbonyl (C=O) groups excluding carboxylic acids is 2. The van der Waals surface area contributed by atoms with E-state index < -0.39 is 35.6 Å². The summed E-state index contributed by atoms with van der Waals surface area (Å²) in [5.74, 6) is -3.33. The Morgan fingerprint density at radius 3 is 2.00 bits per heavy atom. The van der Waals surface area contributed by atoms with Crippen LogP contribution in [0.15, 0.2) is 103 Å². The number of hydrogen-bond donors (Lipinski definition) is 2. The summed E-state index contributed by atoms with van der Waals surface area (Å²) in [4.78, 5) is 37.9. The molecule has 6 heteroatoms. The summed E-state index contributed by atoms with van der Waals surface area (Å²) in [5.41, 5.74) is 5.37. The molecule has 1 amide bonds. The number of benzene rings is 4. The third-order valence-electron chi connectivity index (χ3n) is 7.86. The van der Waals surface area contributed by atoms with E-state index in [2.05, 4.69) is 11.4 Å². The van der Waals surface area contributed by atoms with Crippen LogP contribution in [-0.2, 0) is 20.8 Å². The molecule has 0 radical (unpaired) electrons. The zero-order chi connectivity index (χ0) is 26.9. The summed E-state index contributed by atoms with van der Waals surface area (Å²) in [5, 5.41) is 13.1. The van der Waals surface area contributed by atoms with Gasteiger partial charge in [-0.05, 0) is 58.5 Å². The number of rotatable bonds is 6. The van der Waals surface area contributed by atoms with Crippen LogP contribution in [0.25, 0.3) is 11.1 Å². The molecule has 4 aromatic rings. The fraction of sp³-hybridized carbons (Fsp3) is 0.182. The summed E-state index contributed by atoms with van der Waals surface area (Å²) < 4.78 is 5.95. The first-order chi connectivity index (χ1) is 19.0. The zero-order valence-corrected chi connectivity index (χ0v) is 21.1. The highest BCUT2D eigenvalue weighted by Gasteiger charge is 2.59. The molecule has 0 aromatic heterocycles. The predicted molar refractivity (Wildman–Crippen MR) is 147 cm³/mol. The molecule has 1 heterocycles. The number of carboxylic acid groups (broad SMARTS) is 1. The summed E-state index contributed by atoms with van der Waals surface area (Å²) in [6.45, 7) is 0. The van der Waals surface area contributed by atoms with Crippen LogP contribution < -0.4 is 10.1 Å². The first-order valence-electron chi connectivity index (χ1n) is 13.1. The Morgan fingerprint density at radius 1 is 0.718 bits per heavy atom. The molecule has 0 bridgehead atoms. The van der Waals surface area contributed by atoms with Gasteiger partial charge in [0.05, 0.1) is 11.8 Å². The third kappa shape index (κ3) is 4.70. The third-order valence-corrected chi connectivity index (χ3v) is 7.86. The molecule has 2 atom stereocenters. The van der Waals surface area contributed by atoms with E-state index in [4.69, 9.17) is 4.74 Å². The summed E-state index contributed by atoms with van der Waals surface area (Å²) >= 11 is 0. The van der Waals surface area contributed by atoms with E-state index in [1.54, 1.807) is 6.07 Å². The van der Waals surface area contributed by atoms with Gasteiger partial charge in [0.25, 0.3) is 0 Å². The van der Waals surface area contributed by atoms with E-state index >= 15 is 0 Å². The van der Waals surface area contributed by atoms with E-state index in [9.17, 15) is 19.5 Å². The summed E-state index contributed by atoms with van der Waals surface area (Å²) in [6.07, 6.45) is 1.13. The predicted octanol–water partition coefficient (Wildman–Crippen LogP) is 6.04. The molecule has 1 aliphatic carbocycles. The van der Waals surface area contributed by atoms with E-state index in [1.807, 2.05) is 91.0 Å². The molecule has 194 valence electrons. The standard InChI is InChI=1S/C33H27NO5/c35-27-17-15-24-18-23(14-16-26(24)34-27)22-12-7-13-25(19-22)39-33(38)31-28(20-8-3-1-4-9-20)30(32(36)37)29(31)21-10-5-2-6-11-21/h1-14,16,18-19,28-31H,15,17H2,(H,34,35)(H,36,37)/t28-,29-,30-,31+/m0/s1. The van der Waals surface area contributed by atoms with Crippen molar-refractivity contribution in [3.63, 3.8) is 0 Å². The lowest BCUT2D eigenvalue weighted by molar-refractivity contribution is -0.158. The van der Waals surface area contributed by atoms with Crippen LogP contribution in [0.2, 0.25) is 0 Å². The van der Waals surface area contributed by atoms with Crippen molar-refractivity contribution >= 4 is 23.5 Å². The largest absolute Gasteiger partial charge is 0.481 e. The van der Waals surface area contributed by atoms with Crippen molar-refractivity contribution in [2.24, 2.45) is 11.8 Å². The average Bonchev–Trinajstić information content (AvgIpc) is 2.93. The Kier molecular flexibility index (Phi) is 6.45. The number of aliphatic carboxylic acids is 1. The minimum Gasteiger partial charge on any atom is -0.481 e. The summed E-state index contributed by atoms with van der Waals surface area (Å²) in [6, 6.07) is 31.9. The van der Waals surface area contributed by atoms with Crippen molar-refractivity contribution in [3.05, 3.63) is 120 Å². The maximum absolute atomic E-state index is 13.7. The second-order valence-corrected chi connectivity index (χ2v) is 10.1. The number of carbonyl (C=O) groups is 3. The number of fused-ring (bicyclic) bond motifs is 1. The van der Waals surface area contributed by atoms with Crippen molar-refractivity contribution in [2.75, 3.05) is 5.32 Å². The maximum Gasteiger partial charge on any atom is 0.315 e. The lowest BCUT2D eigenvalue weighted by Crippen LogP contribution is -2.52. The average molecular weight is 518 g/mol. The lowest BCUT2D eigenvalue weighted by atomic mass is 9.52. The van der Waals surface area contributed by atoms with Gasteiger partial charge in [0.1, 0.15) is 5.75 Å². The molecule has 0 saturated heterocycles. The quantitative estimate of drug-likeness (QED) is 0.240. The topological polar surface area (TPSA) is 92.7 Å². The number of ether oxygens (including phenoxy) is 1. The first kappa shape index (κ1) is 24.6. The number of amides is 1. The van der Waals surface area contributed by atoms with Gasteiger partial charge in [-0.25, -0.2) is 0 Å².